The molecule has 128 valence electrons. The smallest absolute Gasteiger partial charge is 0.258 e. The van der Waals surface area contributed by atoms with Crippen LogP contribution in [0.3, 0.4) is 0 Å². The number of halogens is 1. The summed E-state index contributed by atoms with van der Waals surface area (Å²) < 4.78 is 18.9. The quantitative estimate of drug-likeness (QED) is 0.781. The monoisotopic (exact) mass is 331 g/mol. The van der Waals surface area contributed by atoms with Gasteiger partial charge in [-0.3, -0.25) is 4.79 Å². The second-order valence-corrected chi connectivity index (χ2v) is 5.62. The molecular formula is C19H22FNO3. The zero-order valence-electron chi connectivity index (χ0n) is 13.7. The van der Waals surface area contributed by atoms with E-state index in [9.17, 15) is 9.18 Å². The number of carbonyl (C=O) groups is 1. The van der Waals surface area contributed by atoms with Crippen LogP contribution in [0.2, 0.25) is 0 Å². The second-order valence-electron chi connectivity index (χ2n) is 5.62. The van der Waals surface area contributed by atoms with Crippen LogP contribution in [0, 0.1) is 12.7 Å². The fourth-order valence-corrected chi connectivity index (χ4v) is 2.40. The van der Waals surface area contributed by atoms with E-state index in [0.717, 1.165) is 11.1 Å². The summed E-state index contributed by atoms with van der Waals surface area (Å²) in [5.74, 6) is -0.757. The molecular weight excluding hydrogens is 309 g/mol. The van der Waals surface area contributed by atoms with E-state index in [0.29, 0.717) is 12.8 Å². The standard InChI is InChI=1S/C19H22FNO3/c1-14-9-10-16(20)18(12-14)24-13-19(23)21-17(8-5-11-22)15-6-3-2-4-7-15/h2-4,6-7,9-10,12,17,22H,5,8,11,13H2,1H3,(H,21,23). The molecule has 1 amide bonds. The van der Waals surface area contributed by atoms with E-state index in [2.05, 4.69) is 5.32 Å². The number of benzene rings is 2. The minimum atomic E-state index is -0.492. The predicted molar refractivity (Wildman–Crippen MR) is 90.3 cm³/mol. The summed E-state index contributed by atoms with van der Waals surface area (Å²) in [6.45, 7) is 1.62. The minimum absolute atomic E-state index is 0.0597. The third-order valence-electron chi connectivity index (χ3n) is 3.63. The molecule has 2 rings (SSSR count). The van der Waals surface area contributed by atoms with Gasteiger partial charge in [-0.25, -0.2) is 4.39 Å². The Labute approximate surface area is 141 Å². The number of nitrogens with one attached hydrogen (secondary N) is 1. The van der Waals surface area contributed by atoms with Crippen molar-refractivity contribution in [1.29, 1.82) is 0 Å². The van der Waals surface area contributed by atoms with Gasteiger partial charge in [-0.1, -0.05) is 36.4 Å². The van der Waals surface area contributed by atoms with E-state index in [-0.39, 0.29) is 30.9 Å². The van der Waals surface area contributed by atoms with Crippen LogP contribution in [0.5, 0.6) is 5.75 Å². The predicted octanol–water partition coefficient (Wildman–Crippen LogP) is 3.14. The average molecular weight is 331 g/mol. The first kappa shape index (κ1) is 17.9. The number of aliphatic hydroxyl groups is 1. The van der Waals surface area contributed by atoms with E-state index in [1.165, 1.54) is 6.07 Å². The largest absolute Gasteiger partial charge is 0.481 e. The van der Waals surface area contributed by atoms with Crippen molar-refractivity contribution >= 4 is 5.91 Å². The molecule has 0 spiro atoms. The van der Waals surface area contributed by atoms with Gasteiger partial charge < -0.3 is 15.2 Å². The lowest BCUT2D eigenvalue weighted by molar-refractivity contribution is -0.124. The number of hydrogen-bond acceptors (Lipinski definition) is 3. The van der Waals surface area contributed by atoms with Crippen LogP contribution in [-0.4, -0.2) is 24.2 Å². The maximum atomic E-state index is 13.6. The molecule has 0 aromatic heterocycles. The van der Waals surface area contributed by atoms with Gasteiger partial charge in [0, 0.05) is 6.61 Å². The SMILES string of the molecule is Cc1ccc(F)c(OCC(=O)NC(CCCO)c2ccccc2)c1. The molecule has 2 N–H and O–H groups in total. The fourth-order valence-electron chi connectivity index (χ4n) is 2.40. The van der Waals surface area contributed by atoms with Crippen molar-refractivity contribution in [1.82, 2.24) is 5.32 Å². The highest BCUT2D eigenvalue weighted by molar-refractivity contribution is 5.78. The summed E-state index contributed by atoms with van der Waals surface area (Å²) >= 11 is 0. The highest BCUT2D eigenvalue weighted by Gasteiger charge is 2.15. The van der Waals surface area contributed by atoms with Crippen molar-refractivity contribution < 1.29 is 19.0 Å². The number of rotatable bonds is 8. The van der Waals surface area contributed by atoms with Crippen molar-refractivity contribution in [3.05, 3.63) is 65.5 Å². The van der Waals surface area contributed by atoms with Crippen LogP contribution in [0.15, 0.2) is 48.5 Å². The summed E-state index contributed by atoms with van der Waals surface area (Å²) in [6, 6.07) is 13.8. The lowest BCUT2D eigenvalue weighted by Gasteiger charge is -2.19. The lowest BCUT2D eigenvalue weighted by Crippen LogP contribution is -2.33. The molecule has 0 bridgehead atoms. The van der Waals surface area contributed by atoms with E-state index >= 15 is 0 Å². The van der Waals surface area contributed by atoms with Crippen molar-refractivity contribution in [2.24, 2.45) is 0 Å². The topological polar surface area (TPSA) is 58.6 Å². The van der Waals surface area contributed by atoms with Crippen LogP contribution in [0.25, 0.3) is 0 Å². The van der Waals surface area contributed by atoms with Gasteiger partial charge in [-0.15, -0.1) is 0 Å². The van der Waals surface area contributed by atoms with E-state index in [4.69, 9.17) is 9.84 Å². The van der Waals surface area contributed by atoms with Crippen molar-refractivity contribution in [2.75, 3.05) is 13.2 Å². The Balaban J connectivity index is 1.96. The van der Waals surface area contributed by atoms with E-state index in [1.807, 2.05) is 37.3 Å². The Kier molecular flexibility index (Phi) is 6.75. The molecule has 0 aliphatic rings. The Morgan fingerprint density at radius 3 is 2.71 bits per heavy atom. The lowest BCUT2D eigenvalue weighted by atomic mass is 10.0. The molecule has 0 aliphatic heterocycles. The summed E-state index contributed by atoms with van der Waals surface area (Å²) in [7, 11) is 0. The average Bonchev–Trinajstić information content (AvgIpc) is 2.60. The van der Waals surface area contributed by atoms with Crippen LogP contribution in [0.4, 0.5) is 4.39 Å². The molecule has 0 heterocycles. The number of aryl methyl sites for hydroxylation is 1. The number of carbonyl (C=O) groups excluding carboxylic acids is 1. The number of hydrogen-bond donors (Lipinski definition) is 2. The molecule has 0 saturated carbocycles. The van der Waals surface area contributed by atoms with Crippen LogP contribution in [-0.2, 0) is 4.79 Å². The molecule has 2 aromatic rings. The zero-order valence-corrected chi connectivity index (χ0v) is 13.7. The Morgan fingerprint density at radius 1 is 1.25 bits per heavy atom. The minimum Gasteiger partial charge on any atom is -0.481 e. The molecule has 1 unspecified atom stereocenters. The van der Waals surface area contributed by atoms with Gasteiger partial charge in [0.2, 0.25) is 0 Å². The number of ether oxygens (including phenoxy) is 1. The van der Waals surface area contributed by atoms with Gasteiger partial charge in [0.1, 0.15) is 0 Å². The summed E-state index contributed by atoms with van der Waals surface area (Å²) in [6.07, 6.45) is 1.19. The van der Waals surface area contributed by atoms with Crippen molar-refractivity contribution in [2.45, 2.75) is 25.8 Å². The van der Waals surface area contributed by atoms with Gasteiger partial charge in [0.25, 0.3) is 5.91 Å². The molecule has 24 heavy (non-hydrogen) atoms. The fraction of sp³-hybridized carbons (Fsp3) is 0.316. The first-order valence-corrected chi connectivity index (χ1v) is 7.94. The molecule has 0 saturated heterocycles. The highest BCUT2D eigenvalue weighted by atomic mass is 19.1. The maximum Gasteiger partial charge on any atom is 0.258 e. The second kappa shape index (κ2) is 9.03. The Bertz CT molecular complexity index is 661. The zero-order chi connectivity index (χ0) is 17.4. The molecule has 0 fully saturated rings. The van der Waals surface area contributed by atoms with Gasteiger partial charge >= 0.3 is 0 Å². The summed E-state index contributed by atoms with van der Waals surface area (Å²) in [5.41, 5.74) is 1.82. The number of amides is 1. The Hall–Kier alpha value is -2.40. The third kappa shape index (κ3) is 5.35. The van der Waals surface area contributed by atoms with Crippen molar-refractivity contribution in [3.8, 4) is 5.75 Å². The van der Waals surface area contributed by atoms with Crippen LogP contribution in [0.1, 0.15) is 30.0 Å². The van der Waals surface area contributed by atoms with E-state index in [1.54, 1.807) is 12.1 Å². The molecule has 1 atom stereocenters. The molecule has 2 aromatic carbocycles. The molecule has 4 nitrogen and oxygen atoms in total. The van der Waals surface area contributed by atoms with Gasteiger partial charge in [-0.05, 0) is 43.0 Å². The highest BCUT2D eigenvalue weighted by Crippen LogP contribution is 2.20. The molecule has 5 heteroatoms. The molecule has 0 aliphatic carbocycles. The van der Waals surface area contributed by atoms with Gasteiger partial charge in [-0.2, -0.15) is 0 Å². The van der Waals surface area contributed by atoms with Gasteiger partial charge in [0.05, 0.1) is 6.04 Å². The molecule has 0 radical (unpaired) electrons. The normalized spacial score (nSPS) is 11.8. The van der Waals surface area contributed by atoms with Crippen molar-refractivity contribution in [3.63, 3.8) is 0 Å². The maximum absolute atomic E-state index is 13.6. The first-order valence-electron chi connectivity index (χ1n) is 7.94. The first-order chi connectivity index (χ1) is 11.6. The summed E-state index contributed by atoms with van der Waals surface area (Å²) in [4.78, 5) is 12.1. The number of aliphatic hydroxyl groups excluding tert-OH is 1. The Morgan fingerprint density at radius 2 is 2.00 bits per heavy atom. The third-order valence-corrected chi connectivity index (χ3v) is 3.63. The van der Waals surface area contributed by atoms with Crippen LogP contribution < -0.4 is 10.1 Å². The van der Waals surface area contributed by atoms with E-state index < -0.39 is 5.82 Å². The van der Waals surface area contributed by atoms with Crippen LogP contribution >= 0.6 is 0 Å². The summed E-state index contributed by atoms with van der Waals surface area (Å²) in [5, 5.41) is 11.9. The van der Waals surface area contributed by atoms with Gasteiger partial charge in [0.15, 0.2) is 18.2 Å².